The predicted molar refractivity (Wildman–Crippen MR) is 122 cm³/mol. The highest BCUT2D eigenvalue weighted by atomic mass is 19.1. The molecule has 0 unspecified atom stereocenters. The third kappa shape index (κ3) is 5.88. The van der Waals surface area contributed by atoms with Gasteiger partial charge in [-0.3, -0.25) is 4.79 Å². The van der Waals surface area contributed by atoms with E-state index in [0.717, 1.165) is 12.1 Å². The zero-order valence-electron chi connectivity index (χ0n) is 17.7. The molecule has 3 rings (SSSR count). The third-order valence-electron chi connectivity index (χ3n) is 4.65. The number of nitrogens with two attached hydrogens (primary N) is 1. The fraction of sp³-hybridized carbons (Fsp3) is 0.0800. The van der Waals surface area contributed by atoms with E-state index in [9.17, 15) is 23.8 Å². The van der Waals surface area contributed by atoms with Gasteiger partial charge in [-0.25, -0.2) is 8.78 Å². The van der Waals surface area contributed by atoms with E-state index in [2.05, 4.69) is 5.32 Å². The van der Waals surface area contributed by atoms with E-state index in [0.29, 0.717) is 22.7 Å². The number of halogens is 2. The summed E-state index contributed by atoms with van der Waals surface area (Å²) in [5.74, 6) is -2.20. The molecule has 0 bridgehead atoms. The molecule has 5 N–H and O–H groups in total. The van der Waals surface area contributed by atoms with Crippen LogP contribution in [0.5, 0.6) is 17.2 Å². The van der Waals surface area contributed by atoms with Gasteiger partial charge >= 0.3 is 0 Å². The molecule has 0 saturated heterocycles. The summed E-state index contributed by atoms with van der Waals surface area (Å²) < 4.78 is 33.0. The molecule has 0 atom stereocenters. The maximum Gasteiger partial charge on any atom is 0.252 e. The Hall–Kier alpha value is -4.33. The van der Waals surface area contributed by atoms with E-state index in [-0.39, 0.29) is 29.2 Å². The number of rotatable bonds is 8. The lowest BCUT2D eigenvalue weighted by atomic mass is 10.1. The maximum absolute atomic E-state index is 14.0. The SMILES string of the molecule is C/C=C/C=C(\Nc1ccc(O)c(C(N)=O)c1)c1cc(O)ccc1OCc1ccc(F)cc1F. The number of carbonyl (C=O) groups is 1. The molecule has 0 spiro atoms. The summed E-state index contributed by atoms with van der Waals surface area (Å²) in [5, 5.41) is 23.0. The number of ether oxygens (including phenoxy) is 1. The zero-order valence-corrected chi connectivity index (χ0v) is 17.7. The first-order chi connectivity index (χ1) is 15.8. The number of anilines is 1. The molecule has 33 heavy (non-hydrogen) atoms. The normalized spacial score (nSPS) is 11.5. The van der Waals surface area contributed by atoms with Crippen LogP contribution < -0.4 is 15.8 Å². The summed E-state index contributed by atoms with van der Waals surface area (Å²) in [6.45, 7) is 1.64. The lowest BCUT2D eigenvalue weighted by Crippen LogP contribution is -2.11. The topological polar surface area (TPSA) is 105 Å². The molecule has 0 heterocycles. The summed E-state index contributed by atoms with van der Waals surface area (Å²) in [7, 11) is 0. The minimum Gasteiger partial charge on any atom is -0.508 e. The Bertz CT molecular complexity index is 1240. The maximum atomic E-state index is 14.0. The van der Waals surface area contributed by atoms with Gasteiger partial charge in [-0.05, 0) is 61.5 Å². The van der Waals surface area contributed by atoms with Gasteiger partial charge in [0.05, 0.1) is 5.56 Å². The molecule has 0 radical (unpaired) electrons. The number of phenolic OH excluding ortho intramolecular Hbond substituents is 1. The molecule has 0 aliphatic heterocycles. The quantitative estimate of drug-likeness (QED) is 0.282. The van der Waals surface area contributed by atoms with Gasteiger partial charge in [-0.15, -0.1) is 0 Å². The van der Waals surface area contributed by atoms with E-state index in [1.54, 1.807) is 24.3 Å². The van der Waals surface area contributed by atoms with Crippen LogP contribution >= 0.6 is 0 Å². The van der Waals surface area contributed by atoms with Crippen molar-refractivity contribution in [2.24, 2.45) is 5.73 Å². The van der Waals surface area contributed by atoms with Gasteiger partial charge in [-0.1, -0.05) is 12.2 Å². The Morgan fingerprint density at radius 1 is 1.06 bits per heavy atom. The van der Waals surface area contributed by atoms with Crippen LogP contribution in [0.2, 0.25) is 0 Å². The highest BCUT2D eigenvalue weighted by Gasteiger charge is 2.14. The third-order valence-corrected chi connectivity index (χ3v) is 4.65. The lowest BCUT2D eigenvalue weighted by Gasteiger charge is -2.17. The standard InChI is InChI=1S/C25H22F2N2O4/c1-2-3-4-22(29-17-7-9-23(31)20(12-17)25(28)32)19-13-18(30)8-10-24(19)33-14-15-5-6-16(26)11-21(15)27/h2-13,29-31H,14H2,1H3,(H2,28,32)/b3-2+,22-4-. The van der Waals surface area contributed by atoms with E-state index < -0.39 is 17.5 Å². The van der Waals surface area contributed by atoms with Crippen LogP contribution in [-0.4, -0.2) is 16.1 Å². The van der Waals surface area contributed by atoms with Crippen molar-refractivity contribution in [1.82, 2.24) is 0 Å². The molecule has 0 aliphatic rings. The second kappa shape index (κ2) is 10.3. The first-order valence-corrected chi connectivity index (χ1v) is 9.91. The average Bonchev–Trinajstić information content (AvgIpc) is 2.77. The molecule has 0 saturated carbocycles. The summed E-state index contributed by atoms with van der Waals surface area (Å²) >= 11 is 0. The number of phenols is 2. The highest BCUT2D eigenvalue weighted by Crippen LogP contribution is 2.32. The van der Waals surface area contributed by atoms with E-state index in [1.165, 1.54) is 36.4 Å². The zero-order chi connectivity index (χ0) is 24.0. The number of hydrogen-bond donors (Lipinski definition) is 4. The Morgan fingerprint density at radius 2 is 1.85 bits per heavy atom. The van der Waals surface area contributed by atoms with Gasteiger partial charge in [0.2, 0.25) is 0 Å². The molecule has 0 aliphatic carbocycles. The van der Waals surface area contributed by atoms with Crippen molar-refractivity contribution in [2.45, 2.75) is 13.5 Å². The van der Waals surface area contributed by atoms with Gasteiger partial charge in [-0.2, -0.15) is 0 Å². The number of nitrogens with one attached hydrogen (secondary N) is 1. The largest absolute Gasteiger partial charge is 0.508 e. The van der Waals surface area contributed by atoms with Crippen LogP contribution in [0, 0.1) is 11.6 Å². The minimum absolute atomic E-state index is 0.0398. The van der Waals surface area contributed by atoms with Crippen LogP contribution in [0.25, 0.3) is 5.70 Å². The number of primary amides is 1. The Labute approximate surface area is 189 Å². The van der Waals surface area contributed by atoms with E-state index in [4.69, 9.17) is 10.5 Å². The van der Waals surface area contributed by atoms with Crippen molar-refractivity contribution < 1.29 is 28.5 Å². The smallest absolute Gasteiger partial charge is 0.252 e. The van der Waals surface area contributed by atoms with Crippen LogP contribution in [0.4, 0.5) is 14.5 Å². The second-order valence-electron chi connectivity index (χ2n) is 7.03. The number of amides is 1. The molecule has 3 aromatic rings. The molecule has 8 heteroatoms. The van der Waals surface area contributed by atoms with Crippen molar-refractivity contribution in [3.8, 4) is 17.2 Å². The summed E-state index contributed by atoms with van der Waals surface area (Å²) in [4.78, 5) is 11.6. The van der Waals surface area contributed by atoms with Gasteiger partial charge < -0.3 is 26.0 Å². The van der Waals surface area contributed by atoms with E-state index in [1.807, 2.05) is 6.92 Å². The summed E-state index contributed by atoms with van der Waals surface area (Å²) in [6, 6.07) is 11.8. The van der Waals surface area contributed by atoms with Crippen LogP contribution in [0.3, 0.4) is 0 Å². The summed E-state index contributed by atoms with van der Waals surface area (Å²) in [6.07, 6.45) is 5.23. The highest BCUT2D eigenvalue weighted by molar-refractivity contribution is 5.97. The van der Waals surface area contributed by atoms with Gasteiger partial charge in [0, 0.05) is 28.6 Å². The number of benzene rings is 3. The lowest BCUT2D eigenvalue weighted by molar-refractivity contribution is 0.0998. The second-order valence-corrected chi connectivity index (χ2v) is 7.03. The van der Waals surface area contributed by atoms with Crippen LogP contribution in [0.1, 0.15) is 28.4 Å². The van der Waals surface area contributed by atoms with E-state index >= 15 is 0 Å². The van der Waals surface area contributed by atoms with Crippen LogP contribution in [-0.2, 0) is 6.61 Å². The first-order valence-electron chi connectivity index (χ1n) is 9.91. The molecule has 6 nitrogen and oxygen atoms in total. The molecular weight excluding hydrogens is 430 g/mol. The predicted octanol–water partition coefficient (Wildman–Crippen LogP) is 5.08. The van der Waals surface area contributed by atoms with Crippen molar-refractivity contribution in [3.63, 3.8) is 0 Å². The van der Waals surface area contributed by atoms with Gasteiger partial charge in [0.25, 0.3) is 5.91 Å². The number of hydrogen-bond acceptors (Lipinski definition) is 5. The van der Waals surface area contributed by atoms with Crippen LogP contribution in [0.15, 0.2) is 72.8 Å². The fourth-order valence-electron chi connectivity index (χ4n) is 3.01. The molecule has 1 amide bonds. The Morgan fingerprint density at radius 3 is 2.55 bits per heavy atom. The number of aromatic hydroxyl groups is 2. The molecule has 0 aromatic heterocycles. The molecule has 3 aromatic carbocycles. The molecule has 170 valence electrons. The molecular formula is C25H22F2N2O4. The van der Waals surface area contributed by atoms with Crippen molar-refractivity contribution >= 4 is 17.3 Å². The van der Waals surface area contributed by atoms with Crippen molar-refractivity contribution in [1.29, 1.82) is 0 Å². The monoisotopic (exact) mass is 452 g/mol. The van der Waals surface area contributed by atoms with Crippen molar-refractivity contribution in [2.75, 3.05) is 5.32 Å². The minimum atomic E-state index is -0.794. The van der Waals surface area contributed by atoms with Gasteiger partial charge in [0.1, 0.15) is 35.5 Å². The summed E-state index contributed by atoms with van der Waals surface area (Å²) in [5.41, 5.74) is 6.75. The number of allylic oxidation sites excluding steroid dienone is 3. The Kier molecular flexibility index (Phi) is 7.30. The fourth-order valence-corrected chi connectivity index (χ4v) is 3.01. The first kappa shape index (κ1) is 23.3. The Balaban J connectivity index is 1.97. The number of carbonyl (C=O) groups excluding carboxylic acids is 1. The molecule has 0 fully saturated rings. The van der Waals surface area contributed by atoms with Gasteiger partial charge in [0.15, 0.2) is 0 Å². The van der Waals surface area contributed by atoms with Crippen molar-refractivity contribution in [3.05, 3.63) is 101 Å². The average molecular weight is 452 g/mol.